The first-order chi connectivity index (χ1) is 36.1. The van der Waals surface area contributed by atoms with Gasteiger partial charge in [-0.05, 0) is 63.6 Å². The summed E-state index contributed by atoms with van der Waals surface area (Å²) in [7, 11) is 0. The fraction of sp³-hybridized carbons (Fsp3) is 0. The van der Waals surface area contributed by atoms with Gasteiger partial charge in [-0.15, -0.1) is 0 Å². The fourth-order valence-corrected chi connectivity index (χ4v) is 6.84. The van der Waals surface area contributed by atoms with Crippen molar-refractivity contribution in [1.82, 2.24) is 24.1 Å². The second-order valence-electron chi connectivity index (χ2n) is 12.6. The molecule has 11 rings (SSSR count). The molecule has 11 aromatic rings. The molecule has 0 fully saturated rings. The highest BCUT2D eigenvalue weighted by molar-refractivity contribution is 6.10. The van der Waals surface area contributed by atoms with Crippen molar-refractivity contribution < 1.29 is 27.4 Å². The minimum absolute atomic E-state index is 0.226. The number of para-hydroxylation sites is 3. The summed E-state index contributed by atoms with van der Waals surface area (Å²) in [5.41, 5.74) is 0.605. The van der Waals surface area contributed by atoms with E-state index < -0.39 is 160 Å². The summed E-state index contributed by atoms with van der Waals surface area (Å²) in [6.45, 7) is 0. The molecule has 0 bridgehead atoms. The van der Waals surface area contributed by atoms with E-state index in [9.17, 15) is 9.60 Å². The summed E-state index contributed by atoms with van der Waals surface area (Å²) in [5, 5.41) is -1.42. The first-order valence-electron chi connectivity index (χ1n) is 27.2. The Balaban J connectivity index is 1.32. The van der Waals surface area contributed by atoms with E-state index in [-0.39, 0.29) is 38.6 Å². The van der Waals surface area contributed by atoms with Gasteiger partial charge in [0.2, 0.25) is 11.9 Å². The zero-order valence-corrected chi connectivity index (χ0v) is 28.7. The average molecular weight is 736 g/mol. The number of hydrogen-bond acceptors (Lipinski definition) is 3. The number of hydrogen-bond donors (Lipinski definition) is 0. The van der Waals surface area contributed by atoms with Gasteiger partial charge in [0.05, 0.1) is 49.5 Å². The van der Waals surface area contributed by atoms with Crippen molar-refractivity contribution >= 4 is 43.6 Å². The first-order valence-corrected chi connectivity index (χ1v) is 17.2. The maximum absolute atomic E-state index is 9.86. The predicted molar refractivity (Wildman–Crippen MR) is 230 cm³/mol. The van der Waals surface area contributed by atoms with Crippen LogP contribution in [0.15, 0.2) is 200 Å². The van der Waals surface area contributed by atoms with Crippen LogP contribution < -0.4 is 0 Å². The molecule has 0 aliphatic rings. The van der Waals surface area contributed by atoms with Crippen LogP contribution in [-0.4, -0.2) is 24.1 Å². The van der Waals surface area contributed by atoms with Crippen LogP contribution in [0.1, 0.15) is 27.4 Å². The van der Waals surface area contributed by atoms with E-state index in [0.29, 0.717) is 5.56 Å². The second-order valence-corrected chi connectivity index (χ2v) is 12.6. The molecule has 0 aliphatic carbocycles. The summed E-state index contributed by atoms with van der Waals surface area (Å²) in [6.07, 6.45) is 0. The highest BCUT2D eigenvalue weighted by Gasteiger charge is 2.21. The van der Waals surface area contributed by atoms with Gasteiger partial charge in [0.15, 0.2) is 5.82 Å². The Hall–Kier alpha value is -7.63. The molecule has 8 aromatic carbocycles. The highest BCUT2D eigenvalue weighted by Crippen LogP contribution is 2.36. The lowest BCUT2D eigenvalue weighted by Gasteiger charge is -2.13. The van der Waals surface area contributed by atoms with Crippen LogP contribution in [0.25, 0.3) is 100 Å². The quantitative estimate of drug-likeness (QED) is 0.171. The summed E-state index contributed by atoms with van der Waals surface area (Å²) < 4.78 is 181. The zero-order valence-electron chi connectivity index (χ0n) is 48.7. The van der Waals surface area contributed by atoms with Crippen molar-refractivity contribution in [2.75, 3.05) is 0 Å². The van der Waals surface area contributed by atoms with E-state index in [4.69, 9.17) is 32.8 Å². The molecular formula is C51H33N5. The van der Waals surface area contributed by atoms with Gasteiger partial charge in [0, 0.05) is 27.1 Å². The predicted octanol–water partition coefficient (Wildman–Crippen LogP) is 12.7. The molecule has 0 unspecified atom stereocenters. The molecule has 0 amide bonds. The molecule has 262 valence electrons. The Bertz CT molecular complexity index is 4300. The molecule has 0 radical (unpaired) electrons. The van der Waals surface area contributed by atoms with Gasteiger partial charge >= 0.3 is 0 Å². The van der Waals surface area contributed by atoms with Crippen LogP contribution in [0, 0.1) is 0 Å². The molecular weight excluding hydrogens is 683 g/mol. The van der Waals surface area contributed by atoms with Gasteiger partial charge in [-0.25, -0.2) is 0 Å². The maximum Gasteiger partial charge on any atom is 0.240 e. The van der Waals surface area contributed by atoms with E-state index in [1.807, 2.05) is 60.7 Å². The minimum atomic E-state index is -0.821. The van der Waals surface area contributed by atoms with E-state index >= 15 is 0 Å². The van der Waals surface area contributed by atoms with Crippen molar-refractivity contribution in [3.63, 3.8) is 0 Å². The summed E-state index contributed by atoms with van der Waals surface area (Å²) in [5.74, 6) is -1.36. The van der Waals surface area contributed by atoms with Crippen LogP contribution in [0.5, 0.6) is 0 Å². The lowest BCUT2D eigenvalue weighted by molar-refractivity contribution is 0.893. The van der Waals surface area contributed by atoms with E-state index in [1.54, 1.807) is 18.2 Å². The molecule has 0 spiro atoms. The Kier molecular flexibility index (Phi) is 4.12. The molecule has 5 heteroatoms. The number of fused-ring (bicyclic) bond motifs is 6. The summed E-state index contributed by atoms with van der Waals surface area (Å²) in [6, 6.07) is 9.16. The van der Waals surface area contributed by atoms with E-state index in [2.05, 4.69) is 0 Å². The third-order valence-corrected chi connectivity index (χ3v) is 9.40. The number of nitrogens with zero attached hydrogens (tertiary/aromatic N) is 5. The Morgan fingerprint density at radius 3 is 1.45 bits per heavy atom. The lowest BCUT2D eigenvalue weighted by Crippen LogP contribution is -2.10. The van der Waals surface area contributed by atoms with E-state index in [0.717, 1.165) is 25.8 Å². The Morgan fingerprint density at radius 2 is 0.821 bits per heavy atom. The van der Waals surface area contributed by atoms with Crippen LogP contribution >= 0.6 is 0 Å². The molecule has 0 N–H and O–H groups in total. The third kappa shape index (κ3) is 5.29. The third-order valence-electron chi connectivity index (χ3n) is 9.40. The summed E-state index contributed by atoms with van der Waals surface area (Å²) >= 11 is 0. The molecule has 0 atom stereocenters. The van der Waals surface area contributed by atoms with Crippen LogP contribution in [-0.2, 0) is 0 Å². The largest absolute Gasteiger partial charge is 0.278 e. The van der Waals surface area contributed by atoms with Crippen molar-refractivity contribution in [3.05, 3.63) is 200 Å². The van der Waals surface area contributed by atoms with Gasteiger partial charge in [0.1, 0.15) is 0 Å². The molecule has 3 aromatic heterocycles. The molecule has 0 saturated heterocycles. The molecule has 3 heterocycles. The molecule has 0 saturated carbocycles. The Morgan fingerprint density at radius 1 is 0.339 bits per heavy atom. The SMILES string of the molecule is [2H]c1c([2H])c([2H])c(-c2c([2H])c([2H])c3c4c([2H])c([2H])c([2H])c([2H])c4n(-c4nc(-c5cccc(-c6ccc(-c7ccccc7)cc6)c5)nc(-n5c6c([2H])c([2H])c([2H])c([2H])c6c6c([2H])c([2H])c([2H])c([2H])c65)n4)c3c2[2H])c([2H])c1[2H]. The van der Waals surface area contributed by atoms with Crippen molar-refractivity contribution in [1.29, 1.82) is 0 Å². The van der Waals surface area contributed by atoms with Crippen molar-refractivity contribution in [2.45, 2.75) is 0 Å². The van der Waals surface area contributed by atoms with Gasteiger partial charge in [-0.3, -0.25) is 9.13 Å². The smallest absolute Gasteiger partial charge is 0.240 e. The number of aromatic nitrogens is 5. The standard InChI is InChI=1S/C51H33N5/c1-3-14-34(15-4-1)36-26-28-37(29-27-36)38-18-13-19-40(32-38)49-52-50(55-45-23-10-7-20-41(45)42-21-8-11-24-46(42)55)54-51(53-49)56-47-25-12-9-22-43(47)44-31-30-39(33-48(44)56)35-16-5-2-6-17-35/h1-33H/i2D,5D,6D,7D,8D,9D,10D,11D,12D,16D,17D,20D,21D,22D,23D,24D,25D,30D,31D,33D. The summed E-state index contributed by atoms with van der Waals surface area (Å²) in [4.78, 5) is 14.5. The van der Waals surface area contributed by atoms with Crippen molar-refractivity contribution in [2.24, 2.45) is 0 Å². The average Bonchev–Trinajstić information content (AvgIpc) is 4.20. The number of rotatable bonds is 6. The van der Waals surface area contributed by atoms with Crippen LogP contribution in [0.4, 0.5) is 0 Å². The van der Waals surface area contributed by atoms with Gasteiger partial charge < -0.3 is 0 Å². The van der Waals surface area contributed by atoms with Gasteiger partial charge in [0.25, 0.3) is 0 Å². The molecule has 0 aliphatic heterocycles. The monoisotopic (exact) mass is 735 g/mol. The number of benzene rings is 8. The minimum Gasteiger partial charge on any atom is -0.278 e. The van der Waals surface area contributed by atoms with Crippen LogP contribution in [0.3, 0.4) is 0 Å². The molecule has 56 heavy (non-hydrogen) atoms. The fourth-order valence-electron chi connectivity index (χ4n) is 6.84. The normalized spacial score (nSPS) is 16.6. The highest BCUT2D eigenvalue weighted by atomic mass is 15.3. The first kappa shape index (κ1) is 17.7. The Labute approximate surface area is 351 Å². The maximum atomic E-state index is 9.86. The van der Waals surface area contributed by atoms with Crippen molar-refractivity contribution in [3.8, 4) is 56.7 Å². The molecule has 5 nitrogen and oxygen atoms in total. The van der Waals surface area contributed by atoms with Gasteiger partial charge in [-0.1, -0.05) is 169 Å². The van der Waals surface area contributed by atoms with Crippen LogP contribution in [0.2, 0.25) is 0 Å². The van der Waals surface area contributed by atoms with Gasteiger partial charge in [-0.2, -0.15) is 15.0 Å². The second kappa shape index (κ2) is 13.0. The lowest BCUT2D eigenvalue weighted by atomic mass is 9.99. The topological polar surface area (TPSA) is 48.5 Å². The zero-order chi connectivity index (χ0) is 54.4. The van der Waals surface area contributed by atoms with E-state index in [1.165, 1.54) is 0 Å².